The number of nitrogens with two attached hydrogens (primary N) is 1. The minimum absolute atomic E-state index is 0.113. The van der Waals surface area contributed by atoms with Crippen LogP contribution in [-0.2, 0) is 17.0 Å². The Balaban J connectivity index is 2.14. The molecule has 3 rings (SSSR count). The molecule has 1 aromatic carbocycles. The van der Waals surface area contributed by atoms with Crippen molar-refractivity contribution in [3.8, 4) is 11.3 Å². The Hall–Kier alpha value is -2.70. The molecule has 0 saturated carbocycles. The van der Waals surface area contributed by atoms with Gasteiger partial charge in [-0.2, -0.15) is 5.10 Å². The van der Waals surface area contributed by atoms with E-state index in [1.807, 2.05) is 61.6 Å². The molecular weight excluding hydrogens is 340 g/mol. The average molecular weight is 366 g/mol. The molecule has 2 N–H and O–H groups in total. The van der Waals surface area contributed by atoms with E-state index in [9.17, 15) is 4.79 Å². The first-order valence-corrected chi connectivity index (χ1v) is 9.09. The summed E-state index contributed by atoms with van der Waals surface area (Å²) < 4.78 is 7.68. The van der Waals surface area contributed by atoms with Gasteiger partial charge in [0.2, 0.25) is 0 Å². The summed E-state index contributed by atoms with van der Waals surface area (Å²) in [7, 11) is 3.43. The standard InChI is InChI=1S/C21H26N4O2/c1-4-24(2)20(26)18-14-19(17-10-8-16(15-22)9-11-17)25(23-18)21(27-3)12-6-5-7-13-21/h5-12,14H,4,13,15,22H2,1-3H3. The fraction of sp³-hybridized carbons (Fsp3) is 0.333. The highest BCUT2D eigenvalue weighted by atomic mass is 16.5. The third kappa shape index (κ3) is 3.59. The SMILES string of the molecule is CCN(C)C(=O)c1cc(-c2ccc(CN)cc2)n(C2(OC)C=CC=CC2)n1. The molecule has 6 heteroatoms. The van der Waals surface area contributed by atoms with Gasteiger partial charge in [0.1, 0.15) is 0 Å². The topological polar surface area (TPSA) is 73.4 Å². The van der Waals surface area contributed by atoms with Crippen molar-refractivity contribution >= 4 is 5.91 Å². The van der Waals surface area contributed by atoms with Crippen molar-refractivity contribution in [2.75, 3.05) is 20.7 Å². The molecule has 1 atom stereocenters. The quantitative estimate of drug-likeness (QED) is 0.853. The van der Waals surface area contributed by atoms with Crippen LogP contribution in [0.25, 0.3) is 11.3 Å². The van der Waals surface area contributed by atoms with Crippen LogP contribution >= 0.6 is 0 Å². The minimum Gasteiger partial charge on any atom is -0.353 e. The van der Waals surface area contributed by atoms with Gasteiger partial charge < -0.3 is 15.4 Å². The molecule has 142 valence electrons. The molecule has 0 saturated heterocycles. The maximum atomic E-state index is 12.7. The Bertz CT molecular complexity index is 867. The molecule has 1 aromatic heterocycles. The zero-order valence-electron chi connectivity index (χ0n) is 16.1. The van der Waals surface area contributed by atoms with Crippen molar-refractivity contribution in [1.29, 1.82) is 0 Å². The van der Waals surface area contributed by atoms with Crippen LogP contribution in [0.4, 0.5) is 0 Å². The van der Waals surface area contributed by atoms with Gasteiger partial charge >= 0.3 is 0 Å². The maximum Gasteiger partial charge on any atom is 0.274 e. The molecule has 1 heterocycles. The normalized spacial score (nSPS) is 18.7. The largest absolute Gasteiger partial charge is 0.353 e. The Morgan fingerprint density at radius 3 is 2.63 bits per heavy atom. The van der Waals surface area contributed by atoms with Crippen molar-refractivity contribution in [3.05, 3.63) is 65.9 Å². The molecule has 27 heavy (non-hydrogen) atoms. The number of carbonyl (C=O) groups is 1. The number of ether oxygens (including phenoxy) is 1. The van der Waals surface area contributed by atoms with E-state index in [2.05, 4.69) is 5.10 Å². The Morgan fingerprint density at radius 1 is 1.33 bits per heavy atom. The number of nitrogens with zero attached hydrogens (tertiary/aromatic N) is 3. The van der Waals surface area contributed by atoms with Crippen molar-refractivity contribution in [3.63, 3.8) is 0 Å². The van der Waals surface area contributed by atoms with Crippen LogP contribution in [0.5, 0.6) is 0 Å². The molecule has 1 aliphatic carbocycles. The van der Waals surface area contributed by atoms with Crippen LogP contribution < -0.4 is 5.73 Å². The summed E-state index contributed by atoms with van der Waals surface area (Å²) >= 11 is 0. The smallest absolute Gasteiger partial charge is 0.274 e. The lowest BCUT2D eigenvalue weighted by atomic mass is 10.0. The number of benzene rings is 1. The van der Waals surface area contributed by atoms with Gasteiger partial charge in [0.05, 0.1) is 5.69 Å². The first-order chi connectivity index (χ1) is 13.0. The fourth-order valence-corrected chi connectivity index (χ4v) is 3.11. The van der Waals surface area contributed by atoms with Gasteiger partial charge in [-0.3, -0.25) is 4.79 Å². The Labute approximate surface area is 159 Å². The zero-order chi connectivity index (χ0) is 19.4. The molecule has 0 spiro atoms. The Kier molecular flexibility index (Phi) is 5.58. The summed E-state index contributed by atoms with van der Waals surface area (Å²) in [6.07, 6.45) is 8.55. The van der Waals surface area contributed by atoms with Gasteiger partial charge in [-0.1, -0.05) is 42.5 Å². The number of carbonyl (C=O) groups excluding carboxylic acids is 1. The number of hydrogen-bond acceptors (Lipinski definition) is 4. The van der Waals surface area contributed by atoms with Gasteiger partial charge in [0.15, 0.2) is 11.4 Å². The Morgan fingerprint density at radius 2 is 2.07 bits per heavy atom. The van der Waals surface area contributed by atoms with Crippen LogP contribution in [0.1, 0.15) is 29.4 Å². The van der Waals surface area contributed by atoms with Crippen LogP contribution in [-0.4, -0.2) is 41.3 Å². The van der Waals surface area contributed by atoms with Gasteiger partial charge in [0.25, 0.3) is 5.91 Å². The third-order valence-corrected chi connectivity index (χ3v) is 4.96. The monoisotopic (exact) mass is 366 g/mol. The lowest BCUT2D eigenvalue weighted by Gasteiger charge is -2.31. The second-order valence-electron chi connectivity index (χ2n) is 6.59. The van der Waals surface area contributed by atoms with E-state index in [-0.39, 0.29) is 5.91 Å². The second-order valence-corrected chi connectivity index (χ2v) is 6.59. The van der Waals surface area contributed by atoms with Gasteiger partial charge in [-0.15, -0.1) is 0 Å². The summed E-state index contributed by atoms with van der Waals surface area (Å²) in [4.78, 5) is 14.4. The first-order valence-electron chi connectivity index (χ1n) is 9.09. The van der Waals surface area contributed by atoms with Crippen molar-refractivity contribution in [1.82, 2.24) is 14.7 Å². The number of methoxy groups -OCH3 is 1. The number of hydrogen-bond donors (Lipinski definition) is 1. The summed E-state index contributed by atoms with van der Waals surface area (Å²) in [5.74, 6) is -0.113. The molecule has 0 radical (unpaired) electrons. The summed E-state index contributed by atoms with van der Waals surface area (Å²) in [5, 5.41) is 4.66. The summed E-state index contributed by atoms with van der Waals surface area (Å²) in [6.45, 7) is 3.04. The lowest BCUT2D eigenvalue weighted by molar-refractivity contribution is -0.0413. The highest BCUT2D eigenvalue weighted by molar-refractivity contribution is 5.93. The molecule has 6 nitrogen and oxygen atoms in total. The van der Waals surface area contributed by atoms with Crippen LogP contribution in [0, 0.1) is 0 Å². The van der Waals surface area contributed by atoms with E-state index in [1.54, 1.807) is 23.7 Å². The second kappa shape index (κ2) is 7.90. The van der Waals surface area contributed by atoms with E-state index in [4.69, 9.17) is 10.5 Å². The van der Waals surface area contributed by atoms with Crippen molar-refractivity contribution in [2.24, 2.45) is 5.73 Å². The van der Waals surface area contributed by atoms with E-state index in [0.717, 1.165) is 16.8 Å². The highest BCUT2D eigenvalue weighted by Gasteiger charge is 2.34. The summed E-state index contributed by atoms with van der Waals surface area (Å²) in [5.41, 5.74) is 8.18. The molecular formula is C21H26N4O2. The van der Waals surface area contributed by atoms with Crippen LogP contribution in [0.3, 0.4) is 0 Å². The number of rotatable bonds is 6. The van der Waals surface area contributed by atoms with E-state index in [1.165, 1.54) is 0 Å². The van der Waals surface area contributed by atoms with Gasteiger partial charge in [0, 0.05) is 33.7 Å². The van der Waals surface area contributed by atoms with Crippen molar-refractivity contribution < 1.29 is 9.53 Å². The van der Waals surface area contributed by atoms with Crippen LogP contribution in [0.2, 0.25) is 0 Å². The van der Waals surface area contributed by atoms with Gasteiger partial charge in [-0.05, 0) is 30.2 Å². The molecule has 1 aliphatic rings. The minimum atomic E-state index is -0.764. The summed E-state index contributed by atoms with van der Waals surface area (Å²) in [6, 6.07) is 9.81. The maximum absolute atomic E-state index is 12.7. The number of allylic oxidation sites excluding steroid dienone is 2. The molecule has 0 aliphatic heterocycles. The highest BCUT2D eigenvalue weighted by Crippen LogP contribution is 2.33. The van der Waals surface area contributed by atoms with E-state index in [0.29, 0.717) is 25.2 Å². The first kappa shape index (κ1) is 19.1. The molecule has 1 amide bonds. The van der Waals surface area contributed by atoms with E-state index < -0.39 is 5.72 Å². The third-order valence-electron chi connectivity index (χ3n) is 4.96. The molecule has 1 unspecified atom stereocenters. The van der Waals surface area contributed by atoms with E-state index >= 15 is 0 Å². The molecule has 2 aromatic rings. The predicted octanol–water partition coefficient (Wildman–Crippen LogP) is 2.92. The molecule has 0 fully saturated rings. The fourth-order valence-electron chi connectivity index (χ4n) is 3.11. The lowest BCUT2D eigenvalue weighted by Crippen LogP contribution is -2.36. The predicted molar refractivity (Wildman–Crippen MR) is 106 cm³/mol. The van der Waals surface area contributed by atoms with Crippen LogP contribution in [0.15, 0.2) is 54.6 Å². The molecule has 0 bridgehead atoms. The van der Waals surface area contributed by atoms with Gasteiger partial charge in [-0.25, -0.2) is 4.68 Å². The zero-order valence-corrected chi connectivity index (χ0v) is 16.1. The number of amides is 1. The average Bonchev–Trinajstić information content (AvgIpc) is 3.19. The number of aromatic nitrogens is 2. The van der Waals surface area contributed by atoms with Crippen molar-refractivity contribution in [2.45, 2.75) is 25.6 Å².